The van der Waals surface area contributed by atoms with Crippen LogP contribution in [-0.2, 0) is 4.74 Å². The van der Waals surface area contributed by atoms with Crippen LogP contribution in [0.15, 0.2) is 18.2 Å². The van der Waals surface area contributed by atoms with Gasteiger partial charge < -0.3 is 10.1 Å². The molecule has 106 valence electrons. The molecule has 1 aliphatic heterocycles. The highest BCUT2D eigenvalue weighted by Crippen LogP contribution is 2.33. The van der Waals surface area contributed by atoms with Crippen molar-refractivity contribution in [3.63, 3.8) is 0 Å². The van der Waals surface area contributed by atoms with Gasteiger partial charge in [0.15, 0.2) is 0 Å². The van der Waals surface area contributed by atoms with Crippen LogP contribution in [0.4, 0.5) is 8.78 Å². The lowest BCUT2D eigenvalue weighted by atomic mass is 9.90. The second-order valence-electron chi connectivity index (χ2n) is 5.24. The Morgan fingerprint density at radius 3 is 2.84 bits per heavy atom. The predicted molar refractivity (Wildman–Crippen MR) is 70.9 cm³/mol. The summed E-state index contributed by atoms with van der Waals surface area (Å²) in [7, 11) is 0. The molecule has 0 bridgehead atoms. The van der Waals surface area contributed by atoms with Crippen molar-refractivity contribution in [2.45, 2.75) is 38.8 Å². The van der Waals surface area contributed by atoms with Gasteiger partial charge in [0, 0.05) is 17.5 Å². The Labute approximate surface area is 113 Å². The molecule has 0 aliphatic carbocycles. The zero-order chi connectivity index (χ0) is 13.8. The molecule has 2 rings (SSSR count). The molecule has 3 unspecified atom stereocenters. The van der Waals surface area contributed by atoms with Gasteiger partial charge in [-0.3, -0.25) is 0 Å². The summed E-state index contributed by atoms with van der Waals surface area (Å²) >= 11 is 0. The molecule has 0 radical (unpaired) electrons. The van der Waals surface area contributed by atoms with Gasteiger partial charge in [-0.05, 0) is 44.5 Å². The van der Waals surface area contributed by atoms with Crippen LogP contribution in [0.3, 0.4) is 0 Å². The average Bonchev–Trinajstić information content (AvgIpc) is 2.80. The molecule has 0 saturated carbocycles. The van der Waals surface area contributed by atoms with Crippen LogP contribution in [0.1, 0.15) is 38.3 Å². The first kappa shape index (κ1) is 14.4. The molecular formula is C15H21F2NO. The molecule has 0 spiro atoms. The van der Waals surface area contributed by atoms with E-state index in [1.165, 1.54) is 12.1 Å². The topological polar surface area (TPSA) is 21.3 Å². The summed E-state index contributed by atoms with van der Waals surface area (Å²) in [6.45, 7) is 5.45. The van der Waals surface area contributed by atoms with E-state index in [0.717, 1.165) is 25.5 Å². The number of ether oxygens (including phenoxy) is 1. The van der Waals surface area contributed by atoms with E-state index in [-0.39, 0.29) is 23.9 Å². The van der Waals surface area contributed by atoms with Gasteiger partial charge in [0.25, 0.3) is 0 Å². The minimum absolute atomic E-state index is 0.180. The van der Waals surface area contributed by atoms with Gasteiger partial charge in [-0.2, -0.15) is 0 Å². The van der Waals surface area contributed by atoms with Gasteiger partial charge in [0.2, 0.25) is 0 Å². The first-order valence-electron chi connectivity index (χ1n) is 6.91. The summed E-state index contributed by atoms with van der Waals surface area (Å²) in [4.78, 5) is 0. The zero-order valence-electron chi connectivity index (χ0n) is 11.5. The number of hydrogen-bond acceptors (Lipinski definition) is 2. The molecule has 2 nitrogen and oxygen atoms in total. The van der Waals surface area contributed by atoms with Crippen LogP contribution < -0.4 is 5.32 Å². The molecule has 1 saturated heterocycles. The van der Waals surface area contributed by atoms with Crippen molar-refractivity contribution in [1.29, 1.82) is 0 Å². The van der Waals surface area contributed by atoms with Crippen LogP contribution in [-0.4, -0.2) is 19.3 Å². The van der Waals surface area contributed by atoms with Gasteiger partial charge >= 0.3 is 0 Å². The van der Waals surface area contributed by atoms with E-state index >= 15 is 0 Å². The van der Waals surface area contributed by atoms with E-state index in [0.29, 0.717) is 12.2 Å². The Balaban J connectivity index is 2.23. The fraction of sp³-hybridized carbons (Fsp3) is 0.600. The monoisotopic (exact) mass is 269 g/mol. The lowest BCUT2D eigenvalue weighted by molar-refractivity contribution is 0.116. The van der Waals surface area contributed by atoms with Crippen molar-refractivity contribution in [1.82, 2.24) is 5.32 Å². The Hall–Kier alpha value is -1.00. The van der Waals surface area contributed by atoms with Crippen molar-refractivity contribution in [3.05, 3.63) is 35.4 Å². The lowest BCUT2D eigenvalue weighted by Gasteiger charge is -2.25. The van der Waals surface area contributed by atoms with Crippen LogP contribution in [0.2, 0.25) is 0 Å². The minimum atomic E-state index is -0.397. The Bertz CT molecular complexity index is 425. The minimum Gasteiger partial charge on any atom is -0.378 e. The van der Waals surface area contributed by atoms with Crippen molar-refractivity contribution in [2.75, 3.05) is 13.2 Å². The second kappa shape index (κ2) is 6.44. The SMILES string of the molecule is CCCNC(c1cc(F)ccc1F)C1COC(C)C1. The van der Waals surface area contributed by atoms with Gasteiger partial charge in [-0.25, -0.2) is 8.78 Å². The summed E-state index contributed by atoms with van der Waals surface area (Å²) in [5.41, 5.74) is 0.413. The maximum absolute atomic E-state index is 14.0. The summed E-state index contributed by atoms with van der Waals surface area (Å²) in [6, 6.07) is 3.47. The van der Waals surface area contributed by atoms with E-state index < -0.39 is 5.82 Å². The Morgan fingerprint density at radius 2 is 2.21 bits per heavy atom. The number of nitrogens with one attached hydrogen (secondary N) is 1. The molecule has 19 heavy (non-hydrogen) atoms. The van der Waals surface area contributed by atoms with Crippen LogP contribution >= 0.6 is 0 Å². The second-order valence-corrected chi connectivity index (χ2v) is 5.24. The molecule has 3 atom stereocenters. The normalized spacial score (nSPS) is 24.6. The number of halogens is 2. The van der Waals surface area contributed by atoms with Crippen LogP contribution in [0, 0.1) is 17.6 Å². The van der Waals surface area contributed by atoms with Gasteiger partial charge in [-0.15, -0.1) is 0 Å². The third kappa shape index (κ3) is 3.51. The number of hydrogen-bond donors (Lipinski definition) is 1. The van der Waals surface area contributed by atoms with E-state index in [4.69, 9.17) is 4.74 Å². The largest absolute Gasteiger partial charge is 0.378 e. The molecule has 0 amide bonds. The van der Waals surface area contributed by atoms with E-state index in [2.05, 4.69) is 12.2 Å². The van der Waals surface area contributed by atoms with E-state index in [1.54, 1.807) is 0 Å². The molecule has 1 heterocycles. The summed E-state index contributed by atoms with van der Waals surface area (Å²) < 4.78 is 32.9. The molecule has 1 fully saturated rings. The highest BCUT2D eigenvalue weighted by molar-refractivity contribution is 5.23. The summed E-state index contributed by atoms with van der Waals surface area (Å²) in [6.07, 6.45) is 2.01. The first-order valence-corrected chi connectivity index (χ1v) is 6.91. The molecule has 4 heteroatoms. The van der Waals surface area contributed by atoms with Crippen molar-refractivity contribution >= 4 is 0 Å². The Morgan fingerprint density at radius 1 is 1.42 bits per heavy atom. The molecule has 1 aliphatic rings. The summed E-state index contributed by atoms with van der Waals surface area (Å²) in [5.74, 6) is -0.556. The first-order chi connectivity index (χ1) is 9.11. The maximum Gasteiger partial charge on any atom is 0.128 e. The standard InChI is InChI=1S/C15H21F2NO/c1-3-6-18-15(11-7-10(2)19-9-11)13-8-12(16)4-5-14(13)17/h4-5,8,10-11,15,18H,3,6-7,9H2,1-2H3. The van der Waals surface area contributed by atoms with Crippen LogP contribution in [0.5, 0.6) is 0 Å². The van der Waals surface area contributed by atoms with Crippen LogP contribution in [0.25, 0.3) is 0 Å². The van der Waals surface area contributed by atoms with E-state index in [1.807, 2.05) is 6.92 Å². The molecule has 1 aromatic rings. The molecule has 1 N–H and O–H groups in total. The van der Waals surface area contributed by atoms with Gasteiger partial charge in [0.05, 0.1) is 12.7 Å². The Kier molecular flexibility index (Phi) is 4.88. The van der Waals surface area contributed by atoms with Crippen molar-refractivity contribution in [3.8, 4) is 0 Å². The number of rotatable bonds is 5. The van der Waals surface area contributed by atoms with Gasteiger partial charge in [-0.1, -0.05) is 6.92 Å². The van der Waals surface area contributed by atoms with E-state index in [9.17, 15) is 8.78 Å². The average molecular weight is 269 g/mol. The third-order valence-electron chi connectivity index (χ3n) is 3.61. The highest BCUT2D eigenvalue weighted by atomic mass is 19.1. The lowest BCUT2D eigenvalue weighted by Crippen LogP contribution is -2.30. The van der Waals surface area contributed by atoms with Crippen molar-refractivity contribution in [2.24, 2.45) is 5.92 Å². The fourth-order valence-electron chi connectivity index (χ4n) is 2.67. The maximum atomic E-state index is 14.0. The predicted octanol–water partition coefficient (Wildman–Crippen LogP) is 3.43. The van der Waals surface area contributed by atoms with Crippen molar-refractivity contribution < 1.29 is 13.5 Å². The molecule has 1 aromatic carbocycles. The molecular weight excluding hydrogens is 248 g/mol. The summed E-state index contributed by atoms with van der Waals surface area (Å²) in [5, 5.41) is 3.33. The number of benzene rings is 1. The fourth-order valence-corrected chi connectivity index (χ4v) is 2.67. The van der Waals surface area contributed by atoms with Gasteiger partial charge in [0.1, 0.15) is 11.6 Å². The highest BCUT2D eigenvalue weighted by Gasteiger charge is 2.31. The quantitative estimate of drug-likeness (QED) is 0.884. The molecule has 0 aromatic heterocycles. The third-order valence-corrected chi connectivity index (χ3v) is 3.61. The smallest absolute Gasteiger partial charge is 0.128 e. The zero-order valence-corrected chi connectivity index (χ0v) is 11.5.